The predicted octanol–water partition coefficient (Wildman–Crippen LogP) is 2.03. The summed E-state index contributed by atoms with van der Waals surface area (Å²) in [6.07, 6.45) is 5.04. The molecule has 0 saturated heterocycles. The van der Waals surface area contributed by atoms with Gasteiger partial charge in [-0.1, -0.05) is 6.42 Å². The number of carboxylic acid groups (broad SMARTS) is 1. The van der Waals surface area contributed by atoms with Gasteiger partial charge in [0.25, 0.3) is 0 Å². The summed E-state index contributed by atoms with van der Waals surface area (Å²) in [6, 6.07) is 0. The Morgan fingerprint density at radius 3 is 2.93 bits per heavy atom. The van der Waals surface area contributed by atoms with Crippen LogP contribution in [0.5, 0.6) is 0 Å². The van der Waals surface area contributed by atoms with Crippen LogP contribution in [0.3, 0.4) is 0 Å². The normalized spacial score (nSPS) is 16.0. The Bertz CT molecular complexity index is 437. The van der Waals surface area contributed by atoms with Crippen molar-refractivity contribution in [3.05, 3.63) is 22.2 Å². The van der Waals surface area contributed by atoms with E-state index in [1.807, 2.05) is 0 Å². The lowest BCUT2D eigenvalue weighted by Gasteiger charge is -2.26. The molecule has 0 bridgehead atoms. The van der Waals surface area contributed by atoms with Gasteiger partial charge in [-0.2, -0.15) is 0 Å². The fraction of sp³-hybridized carbons (Fsp3) is 0.500. The Balaban J connectivity index is 2.34. The third kappa shape index (κ3) is 2.23. The van der Waals surface area contributed by atoms with Crippen LogP contribution in [0.15, 0.2) is 6.20 Å². The molecule has 0 aromatic carbocycles. The van der Waals surface area contributed by atoms with Crippen LogP contribution in [-0.4, -0.2) is 21.0 Å². The van der Waals surface area contributed by atoms with Crippen LogP contribution in [0.4, 0.5) is 0 Å². The maximum Gasteiger partial charge on any atom is 0.307 e. The quantitative estimate of drug-likeness (QED) is 0.771. The maximum atomic E-state index is 10.7. The van der Waals surface area contributed by atoms with Gasteiger partial charge in [-0.05, 0) is 31.0 Å². The van der Waals surface area contributed by atoms with E-state index >= 15 is 0 Å². The number of aliphatic carboxylic acids is 1. The summed E-state index contributed by atoms with van der Waals surface area (Å²) in [7, 11) is 0. The number of hydrogen-bond acceptors (Lipinski definition) is 3. The van der Waals surface area contributed by atoms with Gasteiger partial charge in [-0.15, -0.1) is 0 Å². The molecule has 0 spiro atoms. The SMILES string of the molecule is O=C(O)Cc1cnc(=S)[nH]c1C1CCC1. The first-order valence-electron chi connectivity index (χ1n) is 4.96. The molecule has 0 radical (unpaired) electrons. The zero-order valence-corrected chi connectivity index (χ0v) is 9.01. The highest BCUT2D eigenvalue weighted by atomic mass is 32.1. The largest absolute Gasteiger partial charge is 0.481 e. The molecule has 15 heavy (non-hydrogen) atoms. The van der Waals surface area contributed by atoms with Crippen molar-refractivity contribution in [3.63, 3.8) is 0 Å². The van der Waals surface area contributed by atoms with Gasteiger partial charge in [-0.3, -0.25) is 4.79 Å². The third-order valence-corrected chi connectivity index (χ3v) is 2.99. The highest BCUT2D eigenvalue weighted by molar-refractivity contribution is 7.71. The molecule has 1 heterocycles. The van der Waals surface area contributed by atoms with Gasteiger partial charge in [-0.25, -0.2) is 4.98 Å². The Hall–Kier alpha value is -1.23. The van der Waals surface area contributed by atoms with Crippen molar-refractivity contribution in [3.8, 4) is 0 Å². The number of nitrogens with one attached hydrogen (secondary N) is 1. The zero-order chi connectivity index (χ0) is 10.8. The number of rotatable bonds is 3. The second-order valence-corrected chi connectivity index (χ2v) is 4.21. The van der Waals surface area contributed by atoms with Crippen molar-refractivity contribution in [1.82, 2.24) is 9.97 Å². The summed E-state index contributed by atoms with van der Waals surface area (Å²) in [4.78, 5) is 17.6. The number of nitrogens with zero attached hydrogens (tertiary/aromatic N) is 1. The molecule has 1 aromatic rings. The first-order chi connectivity index (χ1) is 7.16. The zero-order valence-electron chi connectivity index (χ0n) is 8.19. The molecule has 1 fully saturated rings. The molecule has 1 saturated carbocycles. The van der Waals surface area contributed by atoms with E-state index in [4.69, 9.17) is 17.3 Å². The molecule has 2 rings (SSSR count). The lowest BCUT2D eigenvalue weighted by Crippen LogP contribution is -2.15. The molecule has 1 aliphatic rings. The van der Waals surface area contributed by atoms with Crippen LogP contribution in [0.2, 0.25) is 0 Å². The van der Waals surface area contributed by atoms with Crippen molar-refractivity contribution in [2.24, 2.45) is 0 Å². The van der Waals surface area contributed by atoms with Crippen molar-refractivity contribution in [2.45, 2.75) is 31.6 Å². The summed E-state index contributed by atoms with van der Waals surface area (Å²) in [5, 5.41) is 8.77. The van der Waals surface area contributed by atoms with Crippen LogP contribution in [0.25, 0.3) is 0 Å². The lowest BCUT2D eigenvalue weighted by molar-refractivity contribution is -0.136. The molecule has 80 valence electrons. The molecule has 0 amide bonds. The van der Waals surface area contributed by atoms with E-state index in [0.29, 0.717) is 10.7 Å². The molecule has 1 aromatic heterocycles. The van der Waals surface area contributed by atoms with Crippen LogP contribution >= 0.6 is 12.2 Å². The van der Waals surface area contributed by atoms with Gasteiger partial charge in [0.15, 0.2) is 4.77 Å². The van der Waals surface area contributed by atoms with Crippen molar-refractivity contribution < 1.29 is 9.90 Å². The molecule has 1 aliphatic carbocycles. The van der Waals surface area contributed by atoms with E-state index in [1.54, 1.807) is 6.20 Å². The number of carboxylic acids is 1. The Morgan fingerprint density at radius 1 is 1.67 bits per heavy atom. The fourth-order valence-corrected chi connectivity index (χ4v) is 1.96. The van der Waals surface area contributed by atoms with Crippen LogP contribution in [-0.2, 0) is 11.2 Å². The first-order valence-corrected chi connectivity index (χ1v) is 5.37. The summed E-state index contributed by atoms with van der Waals surface area (Å²) in [6.45, 7) is 0. The van der Waals surface area contributed by atoms with Crippen LogP contribution in [0, 0.1) is 4.77 Å². The average Bonchev–Trinajstić information content (AvgIpc) is 2.06. The standard InChI is InChI=1S/C10H12N2O2S/c13-8(14)4-7-5-11-10(15)12-9(7)6-2-1-3-6/h5-6H,1-4H2,(H,13,14)(H,11,12,15). The fourth-order valence-electron chi connectivity index (χ4n) is 1.80. The van der Waals surface area contributed by atoms with E-state index in [2.05, 4.69) is 9.97 Å². The summed E-state index contributed by atoms with van der Waals surface area (Å²) in [5.41, 5.74) is 1.74. The van der Waals surface area contributed by atoms with E-state index in [-0.39, 0.29) is 6.42 Å². The lowest BCUT2D eigenvalue weighted by atomic mass is 9.81. The maximum absolute atomic E-state index is 10.7. The summed E-state index contributed by atoms with van der Waals surface area (Å²) >= 11 is 4.95. The van der Waals surface area contributed by atoms with Crippen LogP contribution < -0.4 is 0 Å². The number of aromatic nitrogens is 2. The molecular weight excluding hydrogens is 212 g/mol. The second kappa shape index (κ2) is 4.10. The molecular formula is C10H12N2O2S. The van der Waals surface area contributed by atoms with E-state index < -0.39 is 5.97 Å². The molecule has 0 aliphatic heterocycles. The van der Waals surface area contributed by atoms with E-state index in [9.17, 15) is 4.79 Å². The minimum atomic E-state index is -0.831. The predicted molar refractivity (Wildman–Crippen MR) is 57.4 cm³/mol. The Kier molecular flexibility index (Phi) is 2.81. The van der Waals surface area contributed by atoms with Gasteiger partial charge in [0, 0.05) is 17.5 Å². The first kappa shape index (κ1) is 10.3. The van der Waals surface area contributed by atoms with Crippen molar-refractivity contribution >= 4 is 18.2 Å². The van der Waals surface area contributed by atoms with Gasteiger partial charge in [0.1, 0.15) is 0 Å². The molecule has 0 atom stereocenters. The molecule has 4 nitrogen and oxygen atoms in total. The molecule has 0 unspecified atom stereocenters. The number of aromatic amines is 1. The van der Waals surface area contributed by atoms with Crippen molar-refractivity contribution in [2.75, 3.05) is 0 Å². The minimum Gasteiger partial charge on any atom is -0.481 e. The minimum absolute atomic E-state index is 0.0188. The smallest absolute Gasteiger partial charge is 0.307 e. The highest BCUT2D eigenvalue weighted by Gasteiger charge is 2.23. The topological polar surface area (TPSA) is 66.0 Å². The number of hydrogen-bond donors (Lipinski definition) is 2. The second-order valence-electron chi connectivity index (χ2n) is 3.83. The van der Waals surface area contributed by atoms with Crippen LogP contribution in [0.1, 0.15) is 36.4 Å². The summed E-state index contributed by atoms with van der Waals surface area (Å²) < 4.78 is 0.436. The van der Waals surface area contributed by atoms with Gasteiger partial charge in [0.2, 0.25) is 0 Å². The highest BCUT2D eigenvalue weighted by Crippen LogP contribution is 2.36. The van der Waals surface area contributed by atoms with Gasteiger partial charge < -0.3 is 10.1 Å². The summed E-state index contributed by atoms with van der Waals surface area (Å²) in [5.74, 6) is -0.382. The van der Waals surface area contributed by atoms with E-state index in [0.717, 1.165) is 24.1 Å². The monoisotopic (exact) mass is 224 g/mol. The molecule has 2 N–H and O–H groups in total. The van der Waals surface area contributed by atoms with Gasteiger partial charge in [0.05, 0.1) is 6.42 Å². The molecule has 5 heteroatoms. The van der Waals surface area contributed by atoms with Gasteiger partial charge >= 0.3 is 5.97 Å². The van der Waals surface area contributed by atoms with Crippen molar-refractivity contribution in [1.29, 1.82) is 0 Å². The Morgan fingerprint density at radius 2 is 2.40 bits per heavy atom. The number of H-pyrrole nitrogens is 1. The average molecular weight is 224 g/mol. The Labute approximate surface area is 92.4 Å². The van der Waals surface area contributed by atoms with E-state index in [1.165, 1.54) is 6.42 Å². The number of carbonyl (C=O) groups is 1. The third-order valence-electron chi connectivity index (χ3n) is 2.78.